The Balaban J connectivity index is 1.27. The van der Waals surface area contributed by atoms with Gasteiger partial charge in [-0.1, -0.05) is 48.9 Å². The number of hydrogen-bond acceptors (Lipinski definition) is 6. The lowest BCUT2D eigenvalue weighted by Gasteiger charge is -2.26. The summed E-state index contributed by atoms with van der Waals surface area (Å²) in [5.74, 6) is 0.643. The number of fused-ring (bicyclic) bond motifs is 1. The predicted molar refractivity (Wildman–Crippen MR) is 147 cm³/mol. The Bertz CT molecular complexity index is 1440. The second kappa shape index (κ2) is 11.5. The summed E-state index contributed by atoms with van der Waals surface area (Å²) < 4.78 is 33.0. The van der Waals surface area contributed by atoms with Gasteiger partial charge < -0.3 is 9.64 Å². The number of hydrogen-bond donors (Lipinski definition) is 2. The summed E-state index contributed by atoms with van der Waals surface area (Å²) in [6.07, 6.45) is 3.56. The van der Waals surface area contributed by atoms with E-state index >= 15 is 0 Å². The van der Waals surface area contributed by atoms with Crippen LogP contribution in [0.1, 0.15) is 52.4 Å². The van der Waals surface area contributed by atoms with Gasteiger partial charge in [0.05, 0.1) is 18.0 Å². The van der Waals surface area contributed by atoms with Gasteiger partial charge in [0.1, 0.15) is 5.75 Å². The normalized spacial score (nSPS) is 17.5. The van der Waals surface area contributed by atoms with Crippen molar-refractivity contribution in [1.29, 1.82) is 0 Å². The predicted octanol–water partition coefficient (Wildman–Crippen LogP) is 3.87. The molecule has 0 bridgehead atoms. The summed E-state index contributed by atoms with van der Waals surface area (Å²) in [5, 5.41) is 1.73. The molecular formula is C29H32N4O5S. The van der Waals surface area contributed by atoms with Gasteiger partial charge in [-0.15, -0.1) is 0 Å². The molecule has 0 saturated carbocycles. The topological polar surface area (TPSA) is 108 Å². The number of nitrogens with one attached hydrogen (secondary N) is 2. The lowest BCUT2D eigenvalue weighted by molar-refractivity contribution is 0.0751. The maximum Gasteiger partial charge on any atom is 0.343 e. The highest BCUT2D eigenvalue weighted by Gasteiger charge is 2.37. The molecule has 0 aromatic heterocycles. The van der Waals surface area contributed by atoms with Crippen LogP contribution in [0.2, 0.25) is 0 Å². The third-order valence-electron chi connectivity index (χ3n) is 7.19. The number of carbonyl (C=O) groups is 2. The fourth-order valence-electron chi connectivity index (χ4n) is 5.19. The summed E-state index contributed by atoms with van der Waals surface area (Å²) >= 11 is 0. The summed E-state index contributed by atoms with van der Waals surface area (Å²) in [6, 6.07) is 20.8. The number of nitrogens with zero attached hydrogens (tertiary/aromatic N) is 2. The molecule has 1 unspecified atom stereocenters. The van der Waals surface area contributed by atoms with Crippen molar-refractivity contribution in [2.45, 2.75) is 36.6 Å². The summed E-state index contributed by atoms with van der Waals surface area (Å²) in [5.41, 5.74) is 6.04. The van der Waals surface area contributed by atoms with Crippen molar-refractivity contribution < 1.29 is 22.7 Å². The molecule has 1 saturated heterocycles. The van der Waals surface area contributed by atoms with Crippen LogP contribution in [0.3, 0.4) is 0 Å². The monoisotopic (exact) mass is 548 g/mol. The molecule has 3 aromatic carbocycles. The lowest BCUT2D eigenvalue weighted by atomic mass is 9.97. The van der Waals surface area contributed by atoms with Crippen LogP contribution in [-0.4, -0.2) is 57.0 Å². The zero-order chi connectivity index (χ0) is 27.4. The molecule has 2 N–H and O–H groups in total. The molecule has 3 aromatic rings. The molecule has 2 aliphatic heterocycles. The molecule has 0 aliphatic carbocycles. The number of sulfonamides is 1. The van der Waals surface area contributed by atoms with Crippen LogP contribution < -0.4 is 14.9 Å². The molecule has 204 valence electrons. The maximum atomic E-state index is 13.4. The molecule has 10 heteroatoms. The van der Waals surface area contributed by atoms with Crippen LogP contribution in [0.25, 0.3) is 0 Å². The van der Waals surface area contributed by atoms with E-state index in [0.29, 0.717) is 37.4 Å². The minimum atomic E-state index is -4.02. The molecule has 0 radical (unpaired) electrons. The van der Waals surface area contributed by atoms with Crippen LogP contribution in [0.5, 0.6) is 5.75 Å². The highest BCUT2D eigenvalue weighted by molar-refractivity contribution is 7.90. The van der Waals surface area contributed by atoms with E-state index in [-0.39, 0.29) is 16.8 Å². The van der Waals surface area contributed by atoms with Crippen molar-refractivity contribution in [2.75, 3.05) is 26.7 Å². The third-order valence-corrected chi connectivity index (χ3v) is 8.54. The quantitative estimate of drug-likeness (QED) is 0.443. The zero-order valence-electron chi connectivity index (χ0n) is 21.8. The molecule has 0 spiro atoms. The molecule has 1 fully saturated rings. The van der Waals surface area contributed by atoms with E-state index in [1.54, 1.807) is 36.4 Å². The van der Waals surface area contributed by atoms with E-state index in [0.717, 1.165) is 36.0 Å². The minimum absolute atomic E-state index is 0.000967. The Morgan fingerprint density at radius 1 is 0.974 bits per heavy atom. The summed E-state index contributed by atoms with van der Waals surface area (Å²) in [4.78, 5) is 27.5. The molecule has 2 heterocycles. The second-order valence-electron chi connectivity index (χ2n) is 9.75. The van der Waals surface area contributed by atoms with Crippen LogP contribution in [0.4, 0.5) is 4.79 Å². The number of methoxy groups -OCH3 is 1. The zero-order valence-corrected chi connectivity index (χ0v) is 22.6. The highest BCUT2D eigenvalue weighted by atomic mass is 32.2. The van der Waals surface area contributed by atoms with Crippen molar-refractivity contribution in [1.82, 2.24) is 20.1 Å². The minimum Gasteiger partial charge on any atom is -0.497 e. The molecule has 2 aliphatic rings. The fraction of sp³-hybridized carbons (Fsp3) is 0.310. The van der Waals surface area contributed by atoms with Crippen LogP contribution >= 0.6 is 0 Å². The number of hydrazine groups is 1. The Morgan fingerprint density at radius 2 is 1.69 bits per heavy atom. The first-order valence-electron chi connectivity index (χ1n) is 13.1. The van der Waals surface area contributed by atoms with Crippen molar-refractivity contribution in [3.63, 3.8) is 0 Å². The molecule has 1 atom stereocenters. The Morgan fingerprint density at radius 3 is 2.38 bits per heavy atom. The number of piperidine rings is 1. The molecule has 9 nitrogen and oxygen atoms in total. The van der Waals surface area contributed by atoms with Crippen molar-refractivity contribution in [2.24, 2.45) is 0 Å². The van der Waals surface area contributed by atoms with E-state index in [1.165, 1.54) is 12.1 Å². The van der Waals surface area contributed by atoms with E-state index in [9.17, 15) is 18.0 Å². The SMILES string of the molecule is COc1ccc2c(c1)C(c1ccccc1)N(CCc1ccc(S(=O)(=O)NC(=O)NN3CCCCC3)cc1)C2=O. The Kier molecular flexibility index (Phi) is 7.85. The maximum absolute atomic E-state index is 13.4. The second-order valence-corrected chi connectivity index (χ2v) is 11.4. The standard InChI is InChI=1S/C29H32N4O5S/c1-38-23-12-15-25-26(20-23)27(22-8-4-2-5-9-22)33(28(25)34)19-16-21-10-13-24(14-11-21)39(36,37)31-29(35)30-32-17-6-3-7-18-32/h2,4-5,8-15,20,27H,3,6-7,16-19H2,1H3,(H2,30,31,35). The van der Waals surface area contributed by atoms with E-state index in [2.05, 4.69) is 10.1 Å². The van der Waals surface area contributed by atoms with Gasteiger partial charge in [-0.25, -0.2) is 22.9 Å². The number of carbonyl (C=O) groups excluding carboxylic acids is 2. The van der Waals surface area contributed by atoms with Gasteiger partial charge in [0.2, 0.25) is 0 Å². The molecule has 5 rings (SSSR count). The van der Waals surface area contributed by atoms with Gasteiger partial charge in [-0.3, -0.25) is 10.2 Å². The van der Waals surface area contributed by atoms with Crippen molar-refractivity contribution >= 4 is 22.0 Å². The van der Waals surface area contributed by atoms with Gasteiger partial charge in [0.15, 0.2) is 0 Å². The average molecular weight is 549 g/mol. The molecular weight excluding hydrogens is 516 g/mol. The Labute approximate surface area is 228 Å². The van der Waals surface area contributed by atoms with Gasteiger partial charge in [-0.2, -0.15) is 0 Å². The smallest absolute Gasteiger partial charge is 0.343 e. The van der Waals surface area contributed by atoms with E-state index in [4.69, 9.17) is 4.74 Å². The average Bonchev–Trinajstić information content (AvgIpc) is 3.23. The summed E-state index contributed by atoms with van der Waals surface area (Å²) in [7, 11) is -2.41. The van der Waals surface area contributed by atoms with Crippen molar-refractivity contribution in [3.05, 3.63) is 95.1 Å². The van der Waals surface area contributed by atoms with Gasteiger partial charge in [0.25, 0.3) is 15.9 Å². The van der Waals surface area contributed by atoms with Crippen LogP contribution in [0.15, 0.2) is 77.7 Å². The van der Waals surface area contributed by atoms with Gasteiger partial charge in [0, 0.05) is 25.2 Å². The number of rotatable bonds is 8. The molecule has 3 amide bonds. The largest absolute Gasteiger partial charge is 0.497 e. The lowest BCUT2D eigenvalue weighted by Crippen LogP contribution is -2.50. The number of amides is 3. The van der Waals surface area contributed by atoms with E-state index < -0.39 is 16.1 Å². The Hall–Kier alpha value is -3.89. The van der Waals surface area contributed by atoms with Crippen LogP contribution in [0, 0.1) is 0 Å². The number of ether oxygens (including phenoxy) is 1. The van der Waals surface area contributed by atoms with Crippen LogP contribution in [-0.2, 0) is 16.4 Å². The van der Waals surface area contributed by atoms with Gasteiger partial charge in [-0.05, 0) is 66.3 Å². The number of urea groups is 1. The first-order valence-corrected chi connectivity index (χ1v) is 14.6. The van der Waals surface area contributed by atoms with Gasteiger partial charge >= 0.3 is 6.03 Å². The fourth-order valence-corrected chi connectivity index (χ4v) is 6.09. The highest BCUT2D eigenvalue weighted by Crippen LogP contribution is 2.40. The third kappa shape index (κ3) is 5.91. The van der Waals surface area contributed by atoms with Crippen molar-refractivity contribution in [3.8, 4) is 5.75 Å². The molecule has 39 heavy (non-hydrogen) atoms. The first-order chi connectivity index (χ1) is 18.9. The summed E-state index contributed by atoms with van der Waals surface area (Å²) in [6.45, 7) is 1.84. The van der Waals surface area contributed by atoms with E-state index in [1.807, 2.05) is 41.3 Å². The first kappa shape index (κ1) is 26.7. The number of benzene rings is 3.